The minimum Gasteiger partial charge on any atom is -0.457 e. The zero-order valence-electron chi connectivity index (χ0n) is 43.3. The Kier molecular flexibility index (Phi) is 39.6. The maximum atomic E-state index is 13.0. The number of ether oxygens (including phenoxy) is 6. The van der Waals surface area contributed by atoms with Crippen LogP contribution < -0.4 is 0 Å². The van der Waals surface area contributed by atoms with E-state index < -0.39 is 80.7 Å². The maximum Gasteiger partial charge on any atom is 0.306 e. The van der Waals surface area contributed by atoms with Crippen molar-refractivity contribution < 1.29 is 69.0 Å². The molecule has 406 valence electrons. The van der Waals surface area contributed by atoms with Crippen molar-refractivity contribution in [1.82, 2.24) is 0 Å². The van der Waals surface area contributed by atoms with E-state index in [2.05, 4.69) is 38.2 Å². The van der Waals surface area contributed by atoms with E-state index in [9.17, 15) is 40.5 Å². The van der Waals surface area contributed by atoms with Crippen molar-refractivity contribution in [2.75, 3.05) is 33.0 Å². The molecule has 14 heteroatoms. The van der Waals surface area contributed by atoms with Crippen molar-refractivity contribution in [3.8, 4) is 0 Å². The summed E-state index contributed by atoms with van der Waals surface area (Å²) in [5, 5.41) is 72.2. The number of aliphatic hydroxyl groups excluding tert-OH is 7. The highest BCUT2D eigenvalue weighted by Crippen LogP contribution is 2.26. The van der Waals surface area contributed by atoms with E-state index in [-0.39, 0.29) is 25.6 Å². The quantitative estimate of drug-likeness (QED) is 0.0172. The maximum absolute atomic E-state index is 13.0. The van der Waals surface area contributed by atoms with E-state index >= 15 is 0 Å². The second kappa shape index (κ2) is 42.9. The summed E-state index contributed by atoms with van der Waals surface area (Å²) in [6.45, 7) is 3.69. The van der Waals surface area contributed by atoms with Crippen LogP contribution in [0.15, 0.2) is 24.3 Å². The van der Waals surface area contributed by atoms with Crippen LogP contribution in [0.25, 0.3) is 0 Å². The average Bonchev–Trinajstić information content (AvgIpc) is 3.35. The Morgan fingerprint density at radius 1 is 0.464 bits per heavy atom. The van der Waals surface area contributed by atoms with Crippen LogP contribution in [0.1, 0.15) is 219 Å². The molecular weight excluding hydrogens is 885 g/mol. The fourth-order valence-electron chi connectivity index (χ4n) is 8.86. The molecule has 2 rings (SSSR count). The number of aliphatic hydroxyl groups is 7. The van der Waals surface area contributed by atoms with Gasteiger partial charge in [-0.15, -0.1) is 0 Å². The first-order valence-electron chi connectivity index (χ1n) is 27.9. The van der Waals surface area contributed by atoms with Gasteiger partial charge in [-0.3, -0.25) is 4.79 Å². The summed E-state index contributed by atoms with van der Waals surface area (Å²) < 4.78 is 34.3. The van der Waals surface area contributed by atoms with E-state index in [1.807, 2.05) is 0 Å². The van der Waals surface area contributed by atoms with Crippen LogP contribution in [-0.2, 0) is 33.2 Å². The molecule has 11 atom stereocenters. The number of hydrogen-bond acceptors (Lipinski definition) is 14. The van der Waals surface area contributed by atoms with Gasteiger partial charge < -0.3 is 64.2 Å². The standard InChI is InChI=1S/C55H102O14/c1-3-5-7-9-11-13-15-17-19-20-21-22-23-25-27-29-31-33-35-37-39-64-41-44(67-47(57)38-36-34-32-30-28-26-24-18-16-14-12-10-8-6-4-2)42-65-54-53(63)51(61)49(59)46(69-54)43-66-55-52(62)50(60)48(58)45(40-56)68-55/h17-19,24,44-46,48-56,58-63H,3-16,20-23,25-43H2,1-2H3/b19-17-,24-18-. The van der Waals surface area contributed by atoms with Gasteiger partial charge in [0.15, 0.2) is 12.6 Å². The minimum absolute atomic E-state index is 0.0602. The molecule has 0 aromatic heterocycles. The molecule has 2 saturated heterocycles. The summed E-state index contributed by atoms with van der Waals surface area (Å²) >= 11 is 0. The van der Waals surface area contributed by atoms with E-state index in [0.29, 0.717) is 13.0 Å². The lowest BCUT2D eigenvalue weighted by molar-refractivity contribution is -0.332. The Hall–Kier alpha value is -1.53. The molecule has 2 aliphatic heterocycles. The third-order valence-corrected chi connectivity index (χ3v) is 13.4. The molecule has 7 N–H and O–H groups in total. The molecule has 0 aromatic carbocycles. The number of carbonyl (C=O) groups excluding carboxylic acids is 1. The molecule has 0 amide bonds. The minimum atomic E-state index is -1.71. The fraction of sp³-hybridized carbons (Fsp3) is 0.909. The van der Waals surface area contributed by atoms with Gasteiger partial charge in [0.05, 0.1) is 26.4 Å². The first kappa shape index (κ1) is 63.6. The first-order valence-corrected chi connectivity index (χ1v) is 27.9. The zero-order chi connectivity index (χ0) is 50.2. The second-order valence-corrected chi connectivity index (χ2v) is 19.8. The molecule has 2 aliphatic rings. The van der Waals surface area contributed by atoms with Gasteiger partial charge in [-0.1, -0.05) is 173 Å². The highest BCUT2D eigenvalue weighted by Gasteiger charge is 2.47. The lowest BCUT2D eigenvalue weighted by Gasteiger charge is -2.42. The Morgan fingerprint density at radius 3 is 1.32 bits per heavy atom. The van der Waals surface area contributed by atoms with Gasteiger partial charge >= 0.3 is 5.97 Å². The van der Waals surface area contributed by atoms with Crippen LogP contribution in [-0.4, -0.2) is 142 Å². The number of allylic oxidation sites excluding steroid dienone is 4. The highest BCUT2D eigenvalue weighted by molar-refractivity contribution is 5.69. The number of hydrogen-bond donors (Lipinski definition) is 7. The summed E-state index contributed by atoms with van der Waals surface area (Å²) in [4.78, 5) is 13.0. The van der Waals surface area contributed by atoms with Crippen molar-refractivity contribution in [1.29, 1.82) is 0 Å². The van der Waals surface area contributed by atoms with Crippen molar-refractivity contribution in [3.63, 3.8) is 0 Å². The highest BCUT2D eigenvalue weighted by atomic mass is 16.7. The van der Waals surface area contributed by atoms with Crippen molar-refractivity contribution in [2.24, 2.45) is 0 Å². The molecule has 0 aliphatic carbocycles. The first-order chi connectivity index (χ1) is 33.6. The van der Waals surface area contributed by atoms with Gasteiger partial charge in [0.2, 0.25) is 0 Å². The predicted octanol–water partition coefficient (Wildman–Crippen LogP) is 9.19. The third-order valence-electron chi connectivity index (χ3n) is 13.4. The second-order valence-electron chi connectivity index (χ2n) is 19.8. The molecule has 0 spiro atoms. The fourth-order valence-corrected chi connectivity index (χ4v) is 8.86. The molecule has 2 fully saturated rings. The summed E-state index contributed by atoms with van der Waals surface area (Å²) in [7, 11) is 0. The van der Waals surface area contributed by atoms with Gasteiger partial charge in [0, 0.05) is 13.0 Å². The molecular formula is C55H102O14. The molecule has 0 radical (unpaired) electrons. The van der Waals surface area contributed by atoms with Crippen molar-refractivity contribution in [2.45, 2.75) is 287 Å². The molecule has 11 unspecified atom stereocenters. The molecule has 0 aromatic rings. The lowest BCUT2D eigenvalue weighted by atomic mass is 9.98. The molecule has 14 nitrogen and oxygen atoms in total. The predicted molar refractivity (Wildman–Crippen MR) is 270 cm³/mol. The van der Waals surface area contributed by atoms with E-state index in [0.717, 1.165) is 57.8 Å². The average molecular weight is 987 g/mol. The molecule has 0 bridgehead atoms. The number of unbranched alkanes of at least 4 members (excludes halogenated alkanes) is 27. The van der Waals surface area contributed by atoms with Crippen molar-refractivity contribution >= 4 is 5.97 Å². The summed E-state index contributed by atoms with van der Waals surface area (Å²) in [5.74, 6) is -0.383. The van der Waals surface area contributed by atoms with E-state index in [1.54, 1.807) is 0 Å². The number of esters is 1. The normalized spacial score (nSPS) is 25.8. The topological polar surface area (TPSA) is 214 Å². The molecule has 2 heterocycles. The van der Waals surface area contributed by atoms with Gasteiger partial charge in [-0.05, 0) is 64.2 Å². The number of rotatable bonds is 45. The Labute approximate surface area is 417 Å². The Morgan fingerprint density at radius 2 is 0.855 bits per heavy atom. The summed E-state index contributed by atoms with van der Waals surface area (Å²) in [6.07, 6.45) is 30.9. The molecule has 0 saturated carbocycles. The zero-order valence-corrected chi connectivity index (χ0v) is 43.3. The van der Waals surface area contributed by atoms with Gasteiger partial charge in [-0.25, -0.2) is 0 Å². The Balaban J connectivity index is 1.73. The number of carbonyl (C=O) groups is 1. The van der Waals surface area contributed by atoms with Crippen LogP contribution in [0.2, 0.25) is 0 Å². The van der Waals surface area contributed by atoms with Gasteiger partial charge in [0.25, 0.3) is 0 Å². The smallest absolute Gasteiger partial charge is 0.306 e. The van der Waals surface area contributed by atoms with Crippen LogP contribution in [0.5, 0.6) is 0 Å². The SMILES string of the molecule is CCCCCCCC/C=C\CCCCCCCCCCCCOCC(COC1OC(COC2OC(CO)C(O)C(O)C2O)C(O)C(O)C1O)OC(=O)CCCCCCC/C=C\CCCCCCCC. The largest absolute Gasteiger partial charge is 0.457 e. The summed E-state index contributed by atoms with van der Waals surface area (Å²) in [6, 6.07) is 0. The molecule has 69 heavy (non-hydrogen) atoms. The van der Waals surface area contributed by atoms with Gasteiger partial charge in [-0.2, -0.15) is 0 Å². The van der Waals surface area contributed by atoms with E-state index in [1.165, 1.54) is 135 Å². The monoisotopic (exact) mass is 987 g/mol. The van der Waals surface area contributed by atoms with Crippen LogP contribution in [0, 0.1) is 0 Å². The van der Waals surface area contributed by atoms with Crippen LogP contribution in [0.4, 0.5) is 0 Å². The van der Waals surface area contributed by atoms with Crippen LogP contribution in [0.3, 0.4) is 0 Å². The van der Waals surface area contributed by atoms with Crippen LogP contribution >= 0.6 is 0 Å². The van der Waals surface area contributed by atoms with Crippen molar-refractivity contribution in [3.05, 3.63) is 24.3 Å². The lowest BCUT2D eigenvalue weighted by Crippen LogP contribution is -2.61. The third kappa shape index (κ3) is 30.3. The van der Waals surface area contributed by atoms with Gasteiger partial charge in [0.1, 0.15) is 54.9 Å². The Bertz CT molecular complexity index is 1240. The van der Waals surface area contributed by atoms with E-state index in [4.69, 9.17) is 28.4 Å². The summed E-state index contributed by atoms with van der Waals surface area (Å²) in [5.41, 5.74) is 0.